The number of carbonyl (C=O) groups is 2. The lowest BCUT2D eigenvalue weighted by molar-refractivity contribution is -0.145. The van der Waals surface area contributed by atoms with Crippen LogP contribution in [0.25, 0.3) is 10.6 Å². The predicted molar refractivity (Wildman–Crippen MR) is 85.3 cm³/mol. The molecule has 2 rings (SSSR count). The van der Waals surface area contributed by atoms with E-state index in [-0.39, 0.29) is 18.9 Å². The standard InChI is InChI=1S/C15H17N3O3S/c1-18(8-14(20)21-2)13(19)7-10-9-22-15(17-10)11-5-3-4-6-12(11)16/h3-6,9H,7-8,16H2,1-2H3. The maximum Gasteiger partial charge on any atom is 0.325 e. The Hall–Kier alpha value is -2.41. The number of para-hydroxylation sites is 1. The van der Waals surface area contributed by atoms with Crippen LogP contribution in [0.4, 0.5) is 5.69 Å². The van der Waals surface area contributed by atoms with Crippen molar-refractivity contribution in [3.05, 3.63) is 35.3 Å². The Morgan fingerprint density at radius 1 is 1.36 bits per heavy atom. The van der Waals surface area contributed by atoms with E-state index in [2.05, 4.69) is 9.72 Å². The monoisotopic (exact) mass is 319 g/mol. The smallest absolute Gasteiger partial charge is 0.325 e. The summed E-state index contributed by atoms with van der Waals surface area (Å²) in [5, 5.41) is 2.60. The van der Waals surface area contributed by atoms with Crippen LogP contribution in [-0.2, 0) is 20.7 Å². The maximum atomic E-state index is 12.0. The number of nitrogen functional groups attached to an aromatic ring is 1. The first kappa shape index (κ1) is 16.0. The van der Waals surface area contributed by atoms with Crippen molar-refractivity contribution in [1.29, 1.82) is 0 Å². The quantitative estimate of drug-likeness (QED) is 0.668. The molecule has 2 aromatic rings. The number of amides is 1. The topological polar surface area (TPSA) is 85.5 Å². The van der Waals surface area contributed by atoms with Gasteiger partial charge in [0.25, 0.3) is 0 Å². The van der Waals surface area contributed by atoms with Gasteiger partial charge in [-0.2, -0.15) is 0 Å². The minimum atomic E-state index is -0.452. The number of methoxy groups -OCH3 is 1. The Kier molecular flexibility index (Phi) is 5.11. The highest BCUT2D eigenvalue weighted by Gasteiger charge is 2.16. The molecule has 0 atom stereocenters. The molecule has 0 saturated carbocycles. The molecule has 116 valence electrons. The molecule has 7 heteroatoms. The molecule has 22 heavy (non-hydrogen) atoms. The molecule has 1 amide bonds. The van der Waals surface area contributed by atoms with Crippen molar-refractivity contribution in [1.82, 2.24) is 9.88 Å². The summed E-state index contributed by atoms with van der Waals surface area (Å²) in [6.45, 7) is -0.0715. The number of likely N-dealkylation sites (N-methyl/N-ethyl adjacent to an activating group) is 1. The third-order valence-electron chi connectivity index (χ3n) is 3.09. The molecule has 0 bridgehead atoms. The number of hydrogen-bond donors (Lipinski definition) is 1. The van der Waals surface area contributed by atoms with Gasteiger partial charge in [-0.1, -0.05) is 12.1 Å². The number of thiazole rings is 1. The molecule has 1 aromatic heterocycles. The van der Waals surface area contributed by atoms with E-state index in [1.54, 1.807) is 7.05 Å². The zero-order valence-corrected chi connectivity index (χ0v) is 13.2. The number of rotatable bonds is 5. The Balaban J connectivity index is 2.05. The number of nitrogens with two attached hydrogens (primary N) is 1. The van der Waals surface area contributed by atoms with E-state index in [4.69, 9.17) is 5.73 Å². The van der Waals surface area contributed by atoms with E-state index in [1.165, 1.54) is 23.3 Å². The van der Waals surface area contributed by atoms with Crippen LogP contribution >= 0.6 is 11.3 Å². The van der Waals surface area contributed by atoms with Crippen molar-refractivity contribution in [3.63, 3.8) is 0 Å². The predicted octanol–water partition coefficient (Wildman–Crippen LogP) is 1.57. The van der Waals surface area contributed by atoms with Crippen LogP contribution in [0.5, 0.6) is 0 Å². The molecule has 1 aromatic carbocycles. The van der Waals surface area contributed by atoms with E-state index < -0.39 is 5.97 Å². The summed E-state index contributed by atoms with van der Waals surface area (Å²) in [5.74, 6) is -0.643. The number of esters is 1. The van der Waals surface area contributed by atoms with Gasteiger partial charge in [0.15, 0.2) is 0 Å². The molecule has 1 heterocycles. The molecular formula is C15H17N3O3S. The first-order valence-corrected chi connectivity index (χ1v) is 7.49. The second kappa shape index (κ2) is 7.04. The molecule has 0 radical (unpaired) electrons. The largest absolute Gasteiger partial charge is 0.468 e. The number of ether oxygens (including phenoxy) is 1. The number of carbonyl (C=O) groups excluding carboxylic acids is 2. The molecule has 0 saturated heterocycles. The highest BCUT2D eigenvalue weighted by atomic mass is 32.1. The summed E-state index contributed by atoms with van der Waals surface area (Å²) < 4.78 is 4.54. The summed E-state index contributed by atoms with van der Waals surface area (Å²) in [6, 6.07) is 7.45. The second-order valence-electron chi connectivity index (χ2n) is 4.73. The molecule has 0 unspecified atom stereocenters. The van der Waals surface area contributed by atoms with Gasteiger partial charge in [-0.15, -0.1) is 11.3 Å². The van der Waals surface area contributed by atoms with Crippen molar-refractivity contribution >= 4 is 28.9 Å². The van der Waals surface area contributed by atoms with E-state index in [0.29, 0.717) is 11.4 Å². The molecular weight excluding hydrogens is 302 g/mol. The van der Waals surface area contributed by atoms with Crippen LogP contribution in [0.2, 0.25) is 0 Å². The zero-order valence-electron chi connectivity index (χ0n) is 12.4. The fraction of sp³-hybridized carbons (Fsp3) is 0.267. The van der Waals surface area contributed by atoms with Gasteiger partial charge in [-0.25, -0.2) is 4.98 Å². The minimum absolute atomic E-state index is 0.0715. The number of nitrogens with zero attached hydrogens (tertiary/aromatic N) is 2. The van der Waals surface area contributed by atoms with Gasteiger partial charge in [-0.3, -0.25) is 9.59 Å². The molecule has 0 aliphatic rings. The van der Waals surface area contributed by atoms with E-state index in [1.807, 2.05) is 29.6 Å². The van der Waals surface area contributed by atoms with Gasteiger partial charge in [0.2, 0.25) is 5.91 Å². The van der Waals surface area contributed by atoms with Crippen molar-refractivity contribution < 1.29 is 14.3 Å². The SMILES string of the molecule is COC(=O)CN(C)C(=O)Cc1csc(-c2ccccc2N)n1. The van der Waals surface area contributed by atoms with Crippen molar-refractivity contribution in [2.45, 2.75) is 6.42 Å². The van der Waals surface area contributed by atoms with Crippen LogP contribution < -0.4 is 5.73 Å². The Labute approximate surface area is 132 Å². The second-order valence-corrected chi connectivity index (χ2v) is 5.59. The van der Waals surface area contributed by atoms with Crippen LogP contribution in [0.15, 0.2) is 29.6 Å². The molecule has 0 fully saturated rings. The lowest BCUT2D eigenvalue weighted by Crippen LogP contribution is -2.33. The fourth-order valence-electron chi connectivity index (χ4n) is 1.84. The maximum absolute atomic E-state index is 12.0. The van der Waals surface area contributed by atoms with E-state index in [9.17, 15) is 9.59 Å². The zero-order chi connectivity index (χ0) is 16.1. The van der Waals surface area contributed by atoms with Gasteiger partial charge in [-0.05, 0) is 12.1 Å². The summed E-state index contributed by atoms with van der Waals surface area (Å²) in [5.41, 5.74) is 8.09. The van der Waals surface area contributed by atoms with Crippen LogP contribution in [0.1, 0.15) is 5.69 Å². The van der Waals surface area contributed by atoms with E-state index in [0.717, 1.165) is 10.6 Å². The summed E-state index contributed by atoms with van der Waals surface area (Å²) in [6.07, 6.45) is 0.136. The van der Waals surface area contributed by atoms with Crippen molar-refractivity contribution in [2.75, 3.05) is 26.4 Å². The van der Waals surface area contributed by atoms with Crippen molar-refractivity contribution in [2.24, 2.45) is 0 Å². The number of aromatic nitrogens is 1. The Morgan fingerprint density at radius 3 is 2.77 bits per heavy atom. The first-order valence-electron chi connectivity index (χ1n) is 6.61. The van der Waals surface area contributed by atoms with Gasteiger partial charge in [0.1, 0.15) is 11.6 Å². The number of benzene rings is 1. The number of anilines is 1. The summed E-state index contributed by atoms with van der Waals surface area (Å²) >= 11 is 1.44. The molecule has 2 N–H and O–H groups in total. The van der Waals surface area contributed by atoms with Gasteiger partial charge < -0.3 is 15.4 Å². The molecule has 0 aliphatic heterocycles. The fourth-order valence-corrected chi connectivity index (χ4v) is 2.71. The Bertz CT molecular complexity index is 684. The lowest BCUT2D eigenvalue weighted by atomic mass is 10.2. The number of hydrogen-bond acceptors (Lipinski definition) is 6. The third-order valence-corrected chi connectivity index (χ3v) is 4.02. The van der Waals surface area contributed by atoms with Gasteiger partial charge in [0, 0.05) is 23.7 Å². The highest BCUT2D eigenvalue weighted by molar-refractivity contribution is 7.13. The highest BCUT2D eigenvalue weighted by Crippen LogP contribution is 2.28. The van der Waals surface area contributed by atoms with Gasteiger partial charge >= 0.3 is 5.97 Å². The third kappa shape index (κ3) is 3.82. The van der Waals surface area contributed by atoms with Crippen molar-refractivity contribution in [3.8, 4) is 10.6 Å². The summed E-state index contributed by atoms with van der Waals surface area (Å²) in [7, 11) is 2.85. The van der Waals surface area contributed by atoms with Gasteiger partial charge in [0.05, 0.1) is 19.2 Å². The molecule has 6 nitrogen and oxygen atoms in total. The van der Waals surface area contributed by atoms with Crippen LogP contribution in [0, 0.1) is 0 Å². The molecule has 0 spiro atoms. The van der Waals surface area contributed by atoms with Crippen LogP contribution in [-0.4, -0.2) is 42.5 Å². The normalized spacial score (nSPS) is 10.3. The Morgan fingerprint density at radius 2 is 2.09 bits per heavy atom. The minimum Gasteiger partial charge on any atom is -0.468 e. The molecule has 0 aliphatic carbocycles. The first-order chi connectivity index (χ1) is 10.5. The van der Waals surface area contributed by atoms with Crippen LogP contribution in [0.3, 0.4) is 0 Å². The lowest BCUT2D eigenvalue weighted by Gasteiger charge is -2.14. The average molecular weight is 319 g/mol. The summed E-state index contributed by atoms with van der Waals surface area (Å²) in [4.78, 5) is 29.0. The average Bonchev–Trinajstić information content (AvgIpc) is 2.95. The van der Waals surface area contributed by atoms with E-state index >= 15 is 0 Å².